The minimum Gasteiger partial charge on any atom is -0.316 e. The van der Waals surface area contributed by atoms with E-state index >= 15 is 0 Å². The molecular weight excluding hydrogens is 378 g/mol. The minimum absolute atomic E-state index is 0.00949. The van der Waals surface area contributed by atoms with Crippen molar-refractivity contribution in [2.45, 2.75) is 103 Å². The Kier molecular flexibility index (Phi) is 8.92. The number of allylic oxidation sites excluding steroid dienone is 2. The molecular formula is C27H40F2O. The van der Waals surface area contributed by atoms with Crippen LogP contribution in [0.2, 0.25) is 0 Å². The number of rotatable bonds is 9. The molecule has 0 N–H and O–H groups in total. The smallest absolute Gasteiger partial charge is 0.316 e. The molecule has 2 aliphatic rings. The van der Waals surface area contributed by atoms with Gasteiger partial charge in [0.15, 0.2) is 0 Å². The molecule has 0 radical (unpaired) electrons. The van der Waals surface area contributed by atoms with Crippen LogP contribution >= 0.6 is 0 Å². The SMILES string of the molecule is CC=C[C@H]1CC[C@H](CC(F)(F)OCc2ccc([C@H]3CC[C@H](CCC)CC3)cc2)CC1. The molecule has 1 aromatic carbocycles. The first-order valence-electron chi connectivity index (χ1n) is 12.2. The number of hydrogen-bond donors (Lipinski definition) is 0. The van der Waals surface area contributed by atoms with E-state index in [1.807, 2.05) is 19.1 Å². The van der Waals surface area contributed by atoms with Gasteiger partial charge < -0.3 is 4.74 Å². The minimum atomic E-state index is -3.03. The molecule has 30 heavy (non-hydrogen) atoms. The molecule has 3 rings (SSSR count). The van der Waals surface area contributed by atoms with Gasteiger partial charge in [-0.25, -0.2) is 0 Å². The van der Waals surface area contributed by atoms with Crippen LogP contribution in [0.15, 0.2) is 36.4 Å². The van der Waals surface area contributed by atoms with Crippen molar-refractivity contribution in [3.05, 3.63) is 47.5 Å². The summed E-state index contributed by atoms with van der Waals surface area (Å²) >= 11 is 0. The third-order valence-corrected chi connectivity index (χ3v) is 7.33. The quantitative estimate of drug-likeness (QED) is 0.365. The number of alkyl halides is 2. The zero-order valence-corrected chi connectivity index (χ0v) is 18.9. The van der Waals surface area contributed by atoms with Crippen LogP contribution in [-0.2, 0) is 11.3 Å². The van der Waals surface area contributed by atoms with Crippen molar-refractivity contribution in [2.24, 2.45) is 17.8 Å². The molecule has 2 aliphatic carbocycles. The molecule has 0 amide bonds. The standard InChI is InChI=1S/C27H40F2O/c1-3-5-21-7-9-23(10-8-21)19-27(28,29)30-20-24-13-17-26(18-14-24)25-15-11-22(6-4-2)12-16-25/h3,5,13-14,17-18,21-23,25H,4,6-12,15-16,19-20H2,1-2H3/t21-,22-,23-,25-. The van der Waals surface area contributed by atoms with Gasteiger partial charge in [-0.05, 0) is 93.1 Å². The molecule has 0 unspecified atom stereocenters. The average molecular weight is 419 g/mol. The van der Waals surface area contributed by atoms with E-state index in [-0.39, 0.29) is 18.9 Å². The molecule has 0 atom stereocenters. The summed E-state index contributed by atoms with van der Waals surface area (Å²) in [4.78, 5) is 0. The summed E-state index contributed by atoms with van der Waals surface area (Å²) in [5.74, 6) is 2.18. The van der Waals surface area contributed by atoms with E-state index in [2.05, 4.69) is 31.2 Å². The van der Waals surface area contributed by atoms with Crippen LogP contribution in [0.1, 0.15) is 102 Å². The van der Waals surface area contributed by atoms with Crippen LogP contribution in [0.25, 0.3) is 0 Å². The predicted molar refractivity (Wildman–Crippen MR) is 121 cm³/mol. The number of hydrogen-bond acceptors (Lipinski definition) is 1. The van der Waals surface area contributed by atoms with E-state index in [0.29, 0.717) is 11.8 Å². The van der Waals surface area contributed by atoms with Crippen LogP contribution in [0, 0.1) is 17.8 Å². The Labute approximate surface area is 182 Å². The Balaban J connectivity index is 1.42. The highest BCUT2D eigenvalue weighted by Crippen LogP contribution is 2.38. The second-order valence-electron chi connectivity index (χ2n) is 9.68. The highest BCUT2D eigenvalue weighted by Gasteiger charge is 2.35. The summed E-state index contributed by atoms with van der Waals surface area (Å²) in [6.07, 6.45) is 12.7. The van der Waals surface area contributed by atoms with Gasteiger partial charge in [0.05, 0.1) is 6.61 Å². The van der Waals surface area contributed by atoms with Crippen LogP contribution in [-0.4, -0.2) is 6.11 Å². The van der Waals surface area contributed by atoms with Crippen molar-refractivity contribution < 1.29 is 13.5 Å². The number of ether oxygens (including phenoxy) is 1. The van der Waals surface area contributed by atoms with Gasteiger partial charge in [0.2, 0.25) is 0 Å². The fourth-order valence-electron chi connectivity index (χ4n) is 5.52. The molecule has 0 saturated heterocycles. The lowest BCUT2D eigenvalue weighted by Crippen LogP contribution is -2.26. The molecule has 0 spiro atoms. The Morgan fingerprint density at radius 2 is 1.57 bits per heavy atom. The summed E-state index contributed by atoms with van der Waals surface area (Å²) < 4.78 is 33.8. The largest absolute Gasteiger partial charge is 0.356 e. The summed E-state index contributed by atoms with van der Waals surface area (Å²) in [7, 11) is 0. The fraction of sp³-hybridized carbons (Fsp3) is 0.704. The molecule has 0 aliphatic heterocycles. The fourth-order valence-corrected chi connectivity index (χ4v) is 5.52. The lowest BCUT2D eigenvalue weighted by atomic mass is 9.77. The number of benzene rings is 1. The average Bonchev–Trinajstić information content (AvgIpc) is 2.75. The molecule has 1 aromatic rings. The van der Waals surface area contributed by atoms with E-state index in [1.54, 1.807) is 0 Å². The van der Waals surface area contributed by atoms with E-state index in [9.17, 15) is 8.78 Å². The molecule has 2 saturated carbocycles. The maximum atomic E-state index is 14.4. The van der Waals surface area contributed by atoms with Gasteiger partial charge in [-0.1, -0.05) is 56.2 Å². The van der Waals surface area contributed by atoms with Gasteiger partial charge in [-0.2, -0.15) is 8.78 Å². The van der Waals surface area contributed by atoms with Gasteiger partial charge >= 0.3 is 6.11 Å². The van der Waals surface area contributed by atoms with E-state index in [4.69, 9.17) is 4.74 Å². The summed E-state index contributed by atoms with van der Waals surface area (Å²) in [5, 5.41) is 0. The van der Waals surface area contributed by atoms with Gasteiger partial charge in [-0.3, -0.25) is 0 Å². The van der Waals surface area contributed by atoms with Crippen LogP contribution in [0.4, 0.5) is 8.78 Å². The monoisotopic (exact) mass is 418 g/mol. The van der Waals surface area contributed by atoms with Crippen molar-refractivity contribution >= 4 is 0 Å². The second-order valence-corrected chi connectivity index (χ2v) is 9.68. The first-order chi connectivity index (χ1) is 14.5. The molecule has 1 nitrogen and oxygen atoms in total. The van der Waals surface area contributed by atoms with Crippen molar-refractivity contribution in [2.75, 3.05) is 0 Å². The molecule has 168 valence electrons. The van der Waals surface area contributed by atoms with Crippen LogP contribution in [0.3, 0.4) is 0 Å². The third kappa shape index (κ3) is 7.18. The highest BCUT2D eigenvalue weighted by molar-refractivity contribution is 5.25. The Morgan fingerprint density at radius 3 is 2.17 bits per heavy atom. The lowest BCUT2D eigenvalue weighted by Gasteiger charge is -2.29. The van der Waals surface area contributed by atoms with E-state index < -0.39 is 6.11 Å². The van der Waals surface area contributed by atoms with Crippen molar-refractivity contribution in [3.8, 4) is 0 Å². The summed E-state index contributed by atoms with van der Waals surface area (Å²) in [5.41, 5.74) is 2.20. The maximum absolute atomic E-state index is 14.4. The zero-order valence-electron chi connectivity index (χ0n) is 18.9. The van der Waals surface area contributed by atoms with Gasteiger partial charge in [0.1, 0.15) is 0 Å². The van der Waals surface area contributed by atoms with Crippen LogP contribution in [0.5, 0.6) is 0 Å². The van der Waals surface area contributed by atoms with Crippen molar-refractivity contribution in [1.29, 1.82) is 0 Å². The number of halogens is 2. The van der Waals surface area contributed by atoms with Gasteiger partial charge in [0, 0.05) is 6.42 Å². The summed E-state index contributed by atoms with van der Waals surface area (Å²) in [6, 6.07) is 8.21. The van der Waals surface area contributed by atoms with Crippen molar-refractivity contribution in [3.63, 3.8) is 0 Å². The van der Waals surface area contributed by atoms with E-state index in [0.717, 1.165) is 37.2 Å². The molecule has 2 fully saturated rings. The van der Waals surface area contributed by atoms with E-state index in [1.165, 1.54) is 44.1 Å². The van der Waals surface area contributed by atoms with Crippen molar-refractivity contribution in [1.82, 2.24) is 0 Å². The molecule has 0 bridgehead atoms. The van der Waals surface area contributed by atoms with Gasteiger partial charge in [-0.15, -0.1) is 0 Å². The third-order valence-electron chi connectivity index (χ3n) is 7.33. The van der Waals surface area contributed by atoms with Crippen LogP contribution < -0.4 is 0 Å². The lowest BCUT2D eigenvalue weighted by molar-refractivity contribution is -0.256. The predicted octanol–water partition coefficient (Wildman–Crippen LogP) is 8.64. The molecule has 3 heteroatoms. The summed E-state index contributed by atoms with van der Waals surface area (Å²) in [6.45, 7) is 4.29. The first kappa shape index (κ1) is 23.4. The second kappa shape index (κ2) is 11.4. The Bertz CT molecular complexity index is 635. The van der Waals surface area contributed by atoms with Gasteiger partial charge in [0.25, 0.3) is 0 Å². The first-order valence-corrected chi connectivity index (χ1v) is 12.2. The molecule has 0 aromatic heterocycles. The zero-order chi connectivity index (χ0) is 21.4. The Hall–Kier alpha value is -1.22. The highest BCUT2D eigenvalue weighted by atomic mass is 19.3. The maximum Gasteiger partial charge on any atom is 0.356 e. The normalized spacial score (nSPS) is 28.1. The molecule has 0 heterocycles. The topological polar surface area (TPSA) is 9.23 Å². The Morgan fingerprint density at radius 1 is 0.933 bits per heavy atom.